The highest BCUT2D eigenvalue weighted by atomic mass is 35.5. The number of anilines is 2. The number of fused-ring (bicyclic) bond motifs is 1. The van der Waals surface area contributed by atoms with Gasteiger partial charge in [-0.25, -0.2) is 0 Å². The van der Waals surface area contributed by atoms with Gasteiger partial charge in [0.05, 0.1) is 5.69 Å². The summed E-state index contributed by atoms with van der Waals surface area (Å²) in [6, 6.07) is 21.5. The molecule has 0 spiro atoms. The van der Waals surface area contributed by atoms with Crippen LogP contribution in [0.4, 0.5) is 11.4 Å². The minimum atomic E-state index is -0.533. The quantitative estimate of drug-likeness (QED) is 0.478. The van der Waals surface area contributed by atoms with Crippen LogP contribution < -0.4 is 15.4 Å². The van der Waals surface area contributed by atoms with Gasteiger partial charge < -0.3 is 15.4 Å². The van der Waals surface area contributed by atoms with Crippen LogP contribution in [0.15, 0.2) is 66.7 Å². The topological polar surface area (TPSA) is 70.7 Å². The van der Waals surface area contributed by atoms with E-state index in [4.69, 9.17) is 4.74 Å². The molecule has 2 aliphatic rings. The zero-order valence-electron chi connectivity index (χ0n) is 19.8. The van der Waals surface area contributed by atoms with Crippen molar-refractivity contribution in [2.45, 2.75) is 38.8 Å². The predicted molar refractivity (Wildman–Crippen MR) is 141 cm³/mol. The van der Waals surface area contributed by atoms with Crippen LogP contribution >= 0.6 is 12.4 Å². The fraction of sp³-hybridized carbons (Fsp3) is 0.286. The first-order valence-corrected chi connectivity index (χ1v) is 11.9. The maximum atomic E-state index is 13.1. The van der Waals surface area contributed by atoms with Gasteiger partial charge in [0.2, 0.25) is 0 Å². The van der Waals surface area contributed by atoms with Gasteiger partial charge in [-0.3, -0.25) is 14.5 Å². The van der Waals surface area contributed by atoms with Crippen molar-refractivity contribution in [3.63, 3.8) is 0 Å². The van der Waals surface area contributed by atoms with Crippen LogP contribution in [0.25, 0.3) is 11.1 Å². The average molecular weight is 492 g/mol. The molecule has 2 N–H and O–H groups in total. The van der Waals surface area contributed by atoms with Crippen LogP contribution in [-0.2, 0) is 11.3 Å². The van der Waals surface area contributed by atoms with Gasteiger partial charge in [-0.05, 0) is 79.9 Å². The number of carbonyl (C=O) groups excluding carboxylic acids is 2. The normalized spacial score (nSPS) is 17.4. The Labute approximate surface area is 212 Å². The molecule has 7 heteroatoms. The molecule has 0 aliphatic carbocycles. The van der Waals surface area contributed by atoms with E-state index >= 15 is 0 Å². The standard InChI is InChI=1S/C28H29N3O3.ClH/c1-19-27(32)30-25-17-23(11-13-26(25)34-19)29-28(33)21-10-12-24(20-8-4-2-5-9-20)22(16-21)18-31-14-6-3-7-15-31;/h2,4-5,8-13,16-17,19H,3,6-7,14-15,18H2,1H3,(H,29,33)(H,30,32);1H. The lowest BCUT2D eigenvalue weighted by Crippen LogP contribution is -2.34. The first-order valence-electron chi connectivity index (χ1n) is 11.9. The Morgan fingerprint density at radius 2 is 1.80 bits per heavy atom. The Kier molecular flexibility index (Phi) is 7.73. The van der Waals surface area contributed by atoms with Crippen molar-refractivity contribution in [1.29, 1.82) is 0 Å². The minimum Gasteiger partial charge on any atom is -0.479 e. The zero-order chi connectivity index (χ0) is 23.5. The van der Waals surface area contributed by atoms with Gasteiger partial charge in [0.15, 0.2) is 6.10 Å². The molecule has 1 unspecified atom stereocenters. The van der Waals surface area contributed by atoms with E-state index < -0.39 is 6.10 Å². The van der Waals surface area contributed by atoms with Crippen LogP contribution in [0.5, 0.6) is 5.75 Å². The summed E-state index contributed by atoms with van der Waals surface area (Å²) in [5.74, 6) is 0.215. The molecule has 1 fully saturated rings. The summed E-state index contributed by atoms with van der Waals surface area (Å²) in [6.07, 6.45) is 3.20. The number of likely N-dealkylation sites (tertiary alicyclic amines) is 1. The van der Waals surface area contributed by atoms with E-state index in [9.17, 15) is 9.59 Å². The molecule has 0 radical (unpaired) electrons. The number of ether oxygens (including phenoxy) is 1. The maximum Gasteiger partial charge on any atom is 0.265 e. The van der Waals surface area contributed by atoms with E-state index in [1.54, 1.807) is 25.1 Å². The number of piperidine rings is 1. The molecule has 182 valence electrons. The van der Waals surface area contributed by atoms with Crippen LogP contribution in [-0.4, -0.2) is 35.9 Å². The molecule has 0 aromatic heterocycles. The van der Waals surface area contributed by atoms with Gasteiger partial charge in [-0.2, -0.15) is 0 Å². The van der Waals surface area contributed by atoms with E-state index in [1.807, 2.05) is 36.4 Å². The number of nitrogens with zero attached hydrogens (tertiary/aromatic N) is 1. The lowest BCUT2D eigenvalue weighted by Gasteiger charge is -2.27. The highest BCUT2D eigenvalue weighted by Gasteiger charge is 2.24. The zero-order valence-corrected chi connectivity index (χ0v) is 20.6. The third-order valence-electron chi connectivity index (χ3n) is 6.46. The molecule has 2 amide bonds. The molecule has 0 bridgehead atoms. The highest BCUT2D eigenvalue weighted by molar-refractivity contribution is 6.05. The summed E-state index contributed by atoms with van der Waals surface area (Å²) in [5, 5.41) is 5.79. The fourth-order valence-corrected chi connectivity index (χ4v) is 4.61. The number of nitrogens with one attached hydrogen (secondary N) is 2. The lowest BCUT2D eigenvalue weighted by molar-refractivity contribution is -0.122. The summed E-state index contributed by atoms with van der Waals surface area (Å²) in [6.45, 7) is 4.71. The number of carbonyl (C=O) groups is 2. The largest absolute Gasteiger partial charge is 0.479 e. The number of hydrogen-bond donors (Lipinski definition) is 2. The monoisotopic (exact) mass is 491 g/mol. The van der Waals surface area contributed by atoms with Crippen molar-refractivity contribution in [1.82, 2.24) is 4.90 Å². The molecule has 0 saturated carbocycles. The van der Waals surface area contributed by atoms with Crippen molar-refractivity contribution in [2.75, 3.05) is 23.7 Å². The van der Waals surface area contributed by atoms with Gasteiger partial charge in [-0.1, -0.05) is 42.8 Å². The molecule has 3 aromatic rings. The van der Waals surface area contributed by atoms with Crippen molar-refractivity contribution in [2.24, 2.45) is 0 Å². The van der Waals surface area contributed by atoms with Crippen LogP contribution in [0.2, 0.25) is 0 Å². The molecule has 3 aromatic carbocycles. The van der Waals surface area contributed by atoms with Gasteiger partial charge in [-0.15, -0.1) is 12.4 Å². The van der Waals surface area contributed by atoms with Crippen molar-refractivity contribution >= 4 is 35.6 Å². The molecule has 6 nitrogen and oxygen atoms in total. The third-order valence-corrected chi connectivity index (χ3v) is 6.46. The third kappa shape index (κ3) is 5.66. The van der Waals surface area contributed by atoms with Crippen molar-refractivity contribution in [3.8, 4) is 16.9 Å². The first kappa shape index (κ1) is 24.8. The summed E-state index contributed by atoms with van der Waals surface area (Å²) >= 11 is 0. The Morgan fingerprint density at radius 1 is 1.03 bits per heavy atom. The van der Waals surface area contributed by atoms with Crippen molar-refractivity contribution < 1.29 is 14.3 Å². The van der Waals surface area contributed by atoms with E-state index in [1.165, 1.54) is 19.3 Å². The summed E-state index contributed by atoms with van der Waals surface area (Å²) in [5.41, 5.74) is 5.24. The van der Waals surface area contributed by atoms with E-state index in [0.717, 1.165) is 36.3 Å². The molecule has 1 saturated heterocycles. The van der Waals surface area contributed by atoms with Gasteiger partial charge >= 0.3 is 0 Å². The fourth-order valence-electron chi connectivity index (χ4n) is 4.61. The molecule has 2 heterocycles. The maximum absolute atomic E-state index is 13.1. The summed E-state index contributed by atoms with van der Waals surface area (Å²) < 4.78 is 5.60. The molecule has 2 aliphatic heterocycles. The van der Waals surface area contributed by atoms with Crippen molar-refractivity contribution in [3.05, 3.63) is 77.9 Å². The van der Waals surface area contributed by atoms with E-state index in [2.05, 4.69) is 27.7 Å². The SMILES string of the molecule is CC1Oc2ccc(NC(=O)c3ccc(-c4ccccc4)c(CN4CCCCC4)c3)cc2NC1=O.Cl. The van der Waals surface area contributed by atoms with Crippen LogP contribution in [0.1, 0.15) is 42.1 Å². The molecule has 35 heavy (non-hydrogen) atoms. The Morgan fingerprint density at radius 3 is 2.57 bits per heavy atom. The van der Waals surface area contributed by atoms with Crippen LogP contribution in [0.3, 0.4) is 0 Å². The summed E-state index contributed by atoms with van der Waals surface area (Å²) in [4.78, 5) is 27.6. The Balaban J connectivity index is 0.00000289. The number of halogens is 1. The second-order valence-electron chi connectivity index (χ2n) is 8.99. The summed E-state index contributed by atoms with van der Waals surface area (Å²) in [7, 11) is 0. The number of rotatable bonds is 5. The second kappa shape index (κ2) is 10.9. The van der Waals surface area contributed by atoms with Gasteiger partial charge in [0.1, 0.15) is 5.75 Å². The van der Waals surface area contributed by atoms with Gasteiger partial charge in [0, 0.05) is 17.8 Å². The molecular formula is C28H30ClN3O3. The number of hydrogen-bond acceptors (Lipinski definition) is 4. The van der Waals surface area contributed by atoms with Crippen LogP contribution in [0, 0.1) is 0 Å². The molecule has 1 atom stereocenters. The smallest absolute Gasteiger partial charge is 0.265 e. The highest BCUT2D eigenvalue weighted by Crippen LogP contribution is 2.33. The van der Waals surface area contributed by atoms with Gasteiger partial charge in [0.25, 0.3) is 11.8 Å². The number of amides is 2. The Hall–Kier alpha value is -3.35. The predicted octanol–water partition coefficient (Wildman–Crippen LogP) is 5.73. The Bertz CT molecular complexity index is 1210. The molecule has 5 rings (SSSR count). The second-order valence-corrected chi connectivity index (χ2v) is 8.99. The average Bonchev–Trinajstić information content (AvgIpc) is 2.86. The van der Waals surface area contributed by atoms with E-state index in [0.29, 0.717) is 22.7 Å². The minimum absolute atomic E-state index is 0. The molecular weight excluding hydrogens is 462 g/mol. The van der Waals surface area contributed by atoms with E-state index in [-0.39, 0.29) is 24.2 Å². The number of benzene rings is 3. The first-order chi connectivity index (χ1) is 16.6. The lowest BCUT2D eigenvalue weighted by atomic mass is 9.96.